The van der Waals surface area contributed by atoms with E-state index in [0.29, 0.717) is 33.2 Å². The minimum atomic E-state index is -0.907. The molecule has 134 valence electrons. The quantitative estimate of drug-likeness (QED) is 0.582. The summed E-state index contributed by atoms with van der Waals surface area (Å²) in [4.78, 5) is 17.0. The van der Waals surface area contributed by atoms with E-state index in [1.807, 2.05) is 48.5 Å². The number of anilines is 1. The molecule has 1 heterocycles. The van der Waals surface area contributed by atoms with Crippen molar-refractivity contribution in [2.45, 2.75) is 6.10 Å². The van der Waals surface area contributed by atoms with E-state index >= 15 is 0 Å². The first-order valence-corrected chi connectivity index (χ1v) is 9.42. The van der Waals surface area contributed by atoms with Gasteiger partial charge in [-0.3, -0.25) is 4.79 Å². The van der Waals surface area contributed by atoms with Gasteiger partial charge in [0.15, 0.2) is 0 Å². The van der Waals surface area contributed by atoms with Crippen molar-refractivity contribution in [1.29, 1.82) is 0 Å². The Morgan fingerprint density at radius 1 is 1.04 bits per heavy atom. The third-order valence-electron chi connectivity index (χ3n) is 4.33. The molecule has 2 N–H and O–H groups in total. The highest BCUT2D eigenvalue weighted by molar-refractivity contribution is 9.10. The predicted molar refractivity (Wildman–Crippen MR) is 111 cm³/mol. The third kappa shape index (κ3) is 3.54. The molecule has 1 aliphatic rings. The lowest BCUT2D eigenvalue weighted by Crippen LogP contribution is -2.14. The van der Waals surface area contributed by atoms with Gasteiger partial charge in [0.1, 0.15) is 11.8 Å². The second-order valence-electron chi connectivity index (χ2n) is 6.12. The van der Waals surface area contributed by atoms with Crippen LogP contribution in [0, 0.1) is 0 Å². The molecular weight excluding hydrogens is 428 g/mol. The van der Waals surface area contributed by atoms with Gasteiger partial charge in [0.05, 0.1) is 11.4 Å². The van der Waals surface area contributed by atoms with Gasteiger partial charge < -0.3 is 10.4 Å². The van der Waals surface area contributed by atoms with E-state index in [0.717, 1.165) is 10.0 Å². The molecule has 0 saturated carbocycles. The number of halogens is 2. The van der Waals surface area contributed by atoms with Crippen LogP contribution in [0.2, 0.25) is 5.02 Å². The van der Waals surface area contributed by atoms with Gasteiger partial charge >= 0.3 is 0 Å². The van der Waals surface area contributed by atoms with Crippen LogP contribution in [0.5, 0.6) is 0 Å². The maximum absolute atomic E-state index is 12.4. The highest BCUT2D eigenvalue weighted by atomic mass is 79.9. The van der Waals surface area contributed by atoms with Gasteiger partial charge in [-0.2, -0.15) is 0 Å². The first-order chi connectivity index (χ1) is 13.0. The van der Waals surface area contributed by atoms with E-state index < -0.39 is 6.10 Å². The van der Waals surface area contributed by atoms with Gasteiger partial charge in [0.25, 0.3) is 5.91 Å². The molecule has 0 radical (unpaired) electrons. The van der Waals surface area contributed by atoms with Crippen LogP contribution in [0.3, 0.4) is 0 Å². The fourth-order valence-electron chi connectivity index (χ4n) is 3.02. The van der Waals surface area contributed by atoms with Crippen LogP contribution in [0.15, 0.2) is 76.2 Å². The molecule has 1 amide bonds. The average Bonchev–Trinajstić information content (AvgIpc) is 2.98. The molecule has 0 fully saturated rings. The highest BCUT2D eigenvalue weighted by Gasteiger charge is 2.27. The Morgan fingerprint density at radius 2 is 1.81 bits per heavy atom. The number of benzene rings is 3. The summed E-state index contributed by atoms with van der Waals surface area (Å²) < 4.78 is 0.853. The largest absolute Gasteiger partial charge is 0.384 e. The number of hydrogen-bond acceptors (Lipinski definition) is 3. The van der Waals surface area contributed by atoms with Crippen molar-refractivity contribution < 1.29 is 9.90 Å². The zero-order chi connectivity index (χ0) is 19.0. The number of amides is 1. The van der Waals surface area contributed by atoms with E-state index in [1.165, 1.54) is 0 Å². The van der Waals surface area contributed by atoms with Crippen molar-refractivity contribution >= 4 is 50.5 Å². The molecule has 0 aliphatic carbocycles. The van der Waals surface area contributed by atoms with Crippen LogP contribution >= 0.6 is 27.5 Å². The minimum absolute atomic E-state index is 0.279. The summed E-state index contributed by atoms with van der Waals surface area (Å²) in [6.45, 7) is 0. The second kappa shape index (κ2) is 7.27. The lowest BCUT2D eigenvalue weighted by atomic mass is 10.00. The number of carbonyl (C=O) groups excluding carboxylic acids is 1. The topological polar surface area (TPSA) is 61.7 Å². The van der Waals surface area contributed by atoms with Gasteiger partial charge in [-0.25, -0.2) is 4.99 Å². The molecule has 3 aromatic carbocycles. The summed E-state index contributed by atoms with van der Waals surface area (Å²) in [5.74, 6) is -0.279. The monoisotopic (exact) mass is 440 g/mol. The van der Waals surface area contributed by atoms with Crippen molar-refractivity contribution in [3.63, 3.8) is 0 Å². The lowest BCUT2D eigenvalue weighted by molar-refractivity contribution is -0.110. The van der Waals surface area contributed by atoms with Crippen LogP contribution in [-0.4, -0.2) is 16.7 Å². The number of nitrogens with zero attached hydrogens (tertiary/aromatic N) is 1. The fraction of sp³-hybridized carbons (Fsp3) is 0.0476. The Balaban J connectivity index is 1.83. The Kier molecular flexibility index (Phi) is 4.83. The molecule has 0 spiro atoms. The van der Waals surface area contributed by atoms with Crippen LogP contribution < -0.4 is 5.32 Å². The molecule has 1 atom stereocenters. The van der Waals surface area contributed by atoms with E-state index in [4.69, 9.17) is 11.6 Å². The number of aliphatic hydroxyl groups is 1. The summed E-state index contributed by atoms with van der Waals surface area (Å²) in [6, 6.07) is 19.8. The Morgan fingerprint density at radius 3 is 2.59 bits per heavy atom. The van der Waals surface area contributed by atoms with Crippen molar-refractivity contribution in [2.75, 3.05) is 5.32 Å². The van der Waals surface area contributed by atoms with Crippen LogP contribution in [0.1, 0.15) is 22.8 Å². The fourth-order valence-corrected chi connectivity index (χ4v) is 3.56. The molecule has 6 heteroatoms. The van der Waals surface area contributed by atoms with Crippen LogP contribution in [0.4, 0.5) is 11.4 Å². The highest BCUT2D eigenvalue weighted by Crippen LogP contribution is 2.35. The predicted octanol–water partition coefficient (Wildman–Crippen LogP) is 5.26. The zero-order valence-electron chi connectivity index (χ0n) is 14.0. The summed E-state index contributed by atoms with van der Waals surface area (Å²) in [5, 5.41) is 14.1. The Hall–Kier alpha value is -2.47. The maximum Gasteiger partial charge on any atom is 0.275 e. The van der Waals surface area contributed by atoms with Gasteiger partial charge in [0, 0.05) is 20.6 Å². The van der Waals surface area contributed by atoms with E-state index in [1.54, 1.807) is 18.2 Å². The van der Waals surface area contributed by atoms with Crippen LogP contribution in [-0.2, 0) is 4.79 Å². The molecule has 0 unspecified atom stereocenters. The number of carbonyl (C=O) groups is 1. The summed E-state index contributed by atoms with van der Waals surface area (Å²) in [5.41, 5.74) is 3.48. The van der Waals surface area contributed by atoms with E-state index in [9.17, 15) is 9.90 Å². The number of aliphatic imine (C=N–C) groups is 1. The van der Waals surface area contributed by atoms with Crippen molar-refractivity contribution in [2.24, 2.45) is 4.99 Å². The first kappa shape index (κ1) is 17.9. The summed E-state index contributed by atoms with van der Waals surface area (Å²) >= 11 is 9.57. The zero-order valence-corrected chi connectivity index (χ0v) is 16.3. The summed E-state index contributed by atoms with van der Waals surface area (Å²) in [7, 11) is 0. The van der Waals surface area contributed by atoms with Crippen molar-refractivity contribution in [3.8, 4) is 0 Å². The molecular formula is C21H14BrClN2O2. The van der Waals surface area contributed by atoms with Gasteiger partial charge in [-0.15, -0.1) is 0 Å². The number of aliphatic hydroxyl groups excluding tert-OH is 1. The molecule has 1 aliphatic heterocycles. The summed E-state index contributed by atoms with van der Waals surface area (Å²) in [6.07, 6.45) is -0.907. The smallest absolute Gasteiger partial charge is 0.275 e. The van der Waals surface area contributed by atoms with Crippen LogP contribution in [0.25, 0.3) is 0 Å². The normalized spacial score (nSPS) is 15.5. The maximum atomic E-state index is 12.4. The number of nitrogens with one attached hydrogen (secondary N) is 1. The molecule has 27 heavy (non-hydrogen) atoms. The molecule has 4 nitrogen and oxygen atoms in total. The molecule has 0 bridgehead atoms. The molecule has 3 aromatic rings. The minimum Gasteiger partial charge on any atom is -0.384 e. The SMILES string of the molecule is O=C1Nc2ccc(Br)cc2C1=Nc1ccc(Cl)cc1[C@@H](O)c1ccccc1. The standard InChI is InChI=1S/C21H14BrClN2O2/c22-13-6-8-17-15(10-13)19(21(27)25-17)24-18-9-7-14(23)11-16(18)20(26)12-4-2-1-3-5-12/h1-11,20,26H,(H,24,25,27)/t20-/m0/s1. The molecule has 4 rings (SSSR count). The van der Waals surface area contributed by atoms with E-state index in [-0.39, 0.29) is 5.91 Å². The lowest BCUT2D eigenvalue weighted by Gasteiger charge is -2.14. The Bertz CT molecular complexity index is 1070. The molecule has 0 aromatic heterocycles. The second-order valence-corrected chi connectivity index (χ2v) is 7.47. The van der Waals surface area contributed by atoms with Gasteiger partial charge in [0.2, 0.25) is 0 Å². The molecule has 0 saturated heterocycles. The van der Waals surface area contributed by atoms with Crippen molar-refractivity contribution in [1.82, 2.24) is 0 Å². The number of hydrogen-bond donors (Lipinski definition) is 2. The van der Waals surface area contributed by atoms with Gasteiger partial charge in [-0.05, 0) is 42.0 Å². The first-order valence-electron chi connectivity index (χ1n) is 8.25. The van der Waals surface area contributed by atoms with E-state index in [2.05, 4.69) is 26.2 Å². The average molecular weight is 442 g/mol. The Labute approximate surface area is 169 Å². The number of rotatable bonds is 3. The number of fused-ring (bicyclic) bond motifs is 1. The van der Waals surface area contributed by atoms with Crippen molar-refractivity contribution in [3.05, 3.63) is 92.9 Å². The van der Waals surface area contributed by atoms with Gasteiger partial charge in [-0.1, -0.05) is 57.9 Å². The third-order valence-corrected chi connectivity index (χ3v) is 5.06.